The van der Waals surface area contributed by atoms with E-state index >= 15 is 0 Å². The number of carbonyl (C=O) groups is 1. The number of carbonyl (C=O) groups excluding carboxylic acids is 1. The average Bonchev–Trinajstić information content (AvgIpc) is 3.21. The summed E-state index contributed by atoms with van der Waals surface area (Å²) in [5, 5.41) is 16.1. The van der Waals surface area contributed by atoms with Gasteiger partial charge in [0.2, 0.25) is 6.23 Å². The van der Waals surface area contributed by atoms with Crippen molar-refractivity contribution in [3.05, 3.63) is 72.1 Å². The van der Waals surface area contributed by atoms with Gasteiger partial charge in [0.1, 0.15) is 6.33 Å². The minimum atomic E-state index is -0.904. The first-order chi connectivity index (χ1) is 13.2. The van der Waals surface area contributed by atoms with Gasteiger partial charge in [-0.1, -0.05) is 42.5 Å². The molecule has 3 rings (SSSR count). The molecule has 1 aromatic heterocycles. The van der Waals surface area contributed by atoms with E-state index in [0.29, 0.717) is 24.5 Å². The number of amides is 1. The maximum Gasteiger partial charge on any atom is 0.272 e. The molecule has 0 aliphatic rings. The summed E-state index contributed by atoms with van der Waals surface area (Å²) in [5.41, 5.74) is 2.33. The Morgan fingerprint density at radius 2 is 1.96 bits per heavy atom. The van der Waals surface area contributed by atoms with E-state index in [2.05, 4.69) is 21.5 Å². The molecule has 1 unspecified atom stereocenters. The molecule has 0 saturated heterocycles. The minimum Gasteiger partial charge on any atom is -0.348 e. The molecule has 0 aliphatic carbocycles. The molecule has 7 heteroatoms. The fourth-order valence-electron chi connectivity index (χ4n) is 2.51. The molecule has 0 bridgehead atoms. The Morgan fingerprint density at radius 3 is 2.63 bits per heavy atom. The van der Waals surface area contributed by atoms with Gasteiger partial charge in [-0.25, -0.2) is 9.67 Å². The number of hydrogen-bond acceptors (Lipinski definition) is 5. The molecular formula is C20H19N5O2. The predicted molar refractivity (Wildman–Crippen MR) is 99.1 cm³/mol. The quantitative estimate of drug-likeness (QED) is 0.698. The predicted octanol–water partition coefficient (Wildman–Crippen LogP) is 2.67. The summed E-state index contributed by atoms with van der Waals surface area (Å²) in [6.45, 7) is 2.50. The second kappa shape index (κ2) is 8.74. The smallest absolute Gasteiger partial charge is 0.272 e. The van der Waals surface area contributed by atoms with E-state index < -0.39 is 6.23 Å². The number of nitriles is 1. The van der Waals surface area contributed by atoms with Crippen molar-refractivity contribution in [3.63, 3.8) is 0 Å². The second-order valence-corrected chi connectivity index (χ2v) is 5.75. The maximum absolute atomic E-state index is 12.6. The summed E-state index contributed by atoms with van der Waals surface area (Å²) in [7, 11) is 0. The molecule has 1 amide bonds. The van der Waals surface area contributed by atoms with Crippen LogP contribution in [-0.4, -0.2) is 27.3 Å². The fourth-order valence-corrected chi connectivity index (χ4v) is 2.51. The van der Waals surface area contributed by atoms with Crippen LogP contribution in [0.4, 0.5) is 0 Å². The number of benzene rings is 2. The highest BCUT2D eigenvalue weighted by Gasteiger charge is 2.22. The van der Waals surface area contributed by atoms with Gasteiger partial charge >= 0.3 is 0 Å². The average molecular weight is 361 g/mol. The van der Waals surface area contributed by atoms with Crippen molar-refractivity contribution in [2.75, 3.05) is 6.61 Å². The Morgan fingerprint density at radius 1 is 1.22 bits per heavy atom. The van der Waals surface area contributed by atoms with Crippen LogP contribution >= 0.6 is 0 Å². The lowest BCUT2D eigenvalue weighted by Gasteiger charge is -2.16. The Hall–Kier alpha value is -3.50. The first-order valence-corrected chi connectivity index (χ1v) is 8.56. The highest BCUT2D eigenvalue weighted by atomic mass is 16.5. The lowest BCUT2D eigenvalue weighted by atomic mass is 10.1. The van der Waals surface area contributed by atoms with Crippen LogP contribution in [0.3, 0.4) is 0 Å². The Kier molecular flexibility index (Phi) is 5.92. The summed E-state index contributed by atoms with van der Waals surface area (Å²) < 4.78 is 6.99. The van der Waals surface area contributed by atoms with Gasteiger partial charge in [0.05, 0.1) is 11.6 Å². The molecule has 1 atom stereocenters. The molecule has 1 heterocycles. The standard InChI is InChI=1S/C20H19N5O2/c1-2-27-20(19(26)22-13-16-10-8-15(12-21)9-11-16)25-14-23-18(24-25)17-6-4-3-5-7-17/h3-11,14,20H,2,13H2,1H3,(H,22,26). The van der Waals surface area contributed by atoms with Crippen LogP contribution in [0, 0.1) is 11.3 Å². The zero-order chi connectivity index (χ0) is 19.1. The Labute approximate surface area is 157 Å². The van der Waals surface area contributed by atoms with E-state index in [-0.39, 0.29) is 5.91 Å². The minimum absolute atomic E-state index is 0.314. The lowest BCUT2D eigenvalue weighted by molar-refractivity contribution is -0.139. The van der Waals surface area contributed by atoms with E-state index in [4.69, 9.17) is 10.00 Å². The van der Waals surface area contributed by atoms with Gasteiger partial charge in [-0.15, -0.1) is 5.10 Å². The SMILES string of the molecule is CCOC(C(=O)NCc1ccc(C#N)cc1)n1cnc(-c2ccccc2)n1. The third kappa shape index (κ3) is 4.57. The summed E-state index contributed by atoms with van der Waals surface area (Å²) in [6.07, 6.45) is 0.586. The van der Waals surface area contributed by atoms with Crippen molar-refractivity contribution >= 4 is 5.91 Å². The zero-order valence-electron chi connectivity index (χ0n) is 14.9. The first-order valence-electron chi connectivity index (χ1n) is 8.56. The van der Waals surface area contributed by atoms with Crippen molar-refractivity contribution in [1.29, 1.82) is 5.26 Å². The third-order valence-electron chi connectivity index (χ3n) is 3.88. The van der Waals surface area contributed by atoms with Crippen LogP contribution in [-0.2, 0) is 16.1 Å². The normalized spacial score (nSPS) is 11.6. The molecule has 0 radical (unpaired) electrons. The van der Waals surface area contributed by atoms with Crippen LogP contribution in [0.1, 0.15) is 24.3 Å². The third-order valence-corrected chi connectivity index (χ3v) is 3.88. The topological polar surface area (TPSA) is 92.8 Å². The molecule has 1 N–H and O–H groups in total. The molecule has 27 heavy (non-hydrogen) atoms. The fraction of sp³-hybridized carbons (Fsp3) is 0.200. The summed E-state index contributed by atoms with van der Waals surface area (Å²) in [6, 6.07) is 18.6. The molecule has 0 fully saturated rings. The molecule has 136 valence electrons. The van der Waals surface area contributed by atoms with Gasteiger partial charge in [-0.2, -0.15) is 5.26 Å². The highest BCUT2D eigenvalue weighted by Crippen LogP contribution is 2.16. The van der Waals surface area contributed by atoms with Crippen molar-refractivity contribution in [2.45, 2.75) is 19.7 Å². The van der Waals surface area contributed by atoms with Crippen LogP contribution in [0.15, 0.2) is 60.9 Å². The summed E-state index contributed by atoms with van der Waals surface area (Å²) >= 11 is 0. The van der Waals surface area contributed by atoms with Crippen LogP contribution in [0.5, 0.6) is 0 Å². The van der Waals surface area contributed by atoms with Gasteiger partial charge in [-0.05, 0) is 24.6 Å². The van der Waals surface area contributed by atoms with Gasteiger partial charge < -0.3 is 10.1 Å². The van der Waals surface area contributed by atoms with Crippen molar-refractivity contribution in [2.24, 2.45) is 0 Å². The molecule has 0 saturated carbocycles. The maximum atomic E-state index is 12.6. The molecule has 7 nitrogen and oxygen atoms in total. The monoisotopic (exact) mass is 361 g/mol. The van der Waals surface area contributed by atoms with Crippen molar-refractivity contribution in [1.82, 2.24) is 20.1 Å². The molecule has 2 aromatic carbocycles. The largest absolute Gasteiger partial charge is 0.348 e. The Balaban J connectivity index is 1.70. The molecular weight excluding hydrogens is 342 g/mol. The number of rotatable bonds is 7. The molecule has 3 aromatic rings. The lowest BCUT2D eigenvalue weighted by Crippen LogP contribution is -2.34. The van der Waals surface area contributed by atoms with E-state index in [1.165, 1.54) is 11.0 Å². The van der Waals surface area contributed by atoms with Crippen molar-refractivity contribution in [3.8, 4) is 17.5 Å². The van der Waals surface area contributed by atoms with Crippen LogP contribution < -0.4 is 5.32 Å². The number of nitrogens with one attached hydrogen (secondary N) is 1. The molecule has 0 spiro atoms. The van der Waals surface area contributed by atoms with Gasteiger partial charge in [0.25, 0.3) is 5.91 Å². The van der Waals surface area contributed by atoms with Gasteiger partial charge in [0, 0.05) is 18.7 Å². The number of nitrogens with zero attached hydrogens (tertiary/aromatic N) is 4. The zero-order valence-corrected chi connectivity index (χ0v) is 14.9. The summed E-state index contributed by atoms with van der Waals surface area (Å²) in [5.74, 6) is 0.214. The number of aromatic nitrogens is 3. The van der Waals surface area contributed by atoms with Gasteiger partial charge in [0.15, 0.2) is 5.82 Å². The highest BCUT2D eigenvalue weighted by molar-refractivity contribution is 5.78. The van der Waals surface area contributed by atoms with E-state index in [0.717, 1.165) is 11.1 Å². The number of hydrogen-bond donors (Lipinski definition) is 1. The summed E-state index contributed by atoms with van der Waals surface area (Å²) in [4.78, 5) is 16.9. The van der Waals surface area contributed by atoms with E-state index in [1.54, 1.807) is 24.3 Å². The first kappa shape index (κ1) is 18.3. The van der Waals surface area contributed by atoms with Crippen LogP contribution in [0.2, 0.25) is 0 Å². The Bertz CT molecular complexity index is 929. The van der Waals surface area contributed by atoms with E-state index in [1.807, 2.05) is 37.3 Å². The second-order valence-electron chi connectivity index (χ2n) is 5.75. The van der Waals surface area contributed by atoms with Crippen molar-refractivity contribution < 1.29 is 9.53 Å². The molecule has 0 aliphatic heterocycles. The van der Waals surface area contributed by atoms with E-state index in [9.17, 15) is 4.79 Å². The number of ether oxygens (including phenoxy) is 1. The van der Waals surface area contributed by atoms with Crippen LogP contribution in [0.25, 0.3) is 11.4 Å². The van der Waals surface area contributed by atoms with Gasteiger partial charge in [-0.3, -0.25) is 4.79 Å².